The minimum absolute atomic E-state index is 0.107. The van der Waals surface area contributed by atoms with Gasteiger partial charge in [0, 0.05) is 46.5 Å². The summed E-state index contributed by atoms with van der Waals surface area (Å²) in [7, 11) is 0. The number of nitrogens with zero attached hydrogens (tertiary/aromatic N) is 2. The van der Waals surface area contributed by atoms with Gasteiger partial charge in [-0.25, -0.2) is 0 Å². The normalized spacial score (nSPS) is 17.0. The summed E-state index contributed by atoms with van der Waals surface area (Å²) < 4.78 is 5.14. The number of hydrogen-bond acceptors (Lipinski definition) is 2. The maximum Gasteiger partial charge on any atom is 0.0764 e. The fourth-order valence-corrected chi connectivity index (χ4v) is 21.4. The summed E-state index contributed by atoms with van der Waals surface area (Å²) in [6, 6.07) is 117. The molecule has 0 bridgehead atoms. The van der Waals surface area contributed by atoms with Crippen molar-refractivity contribution in [1.82, 2.24) is 9.13 Å². The quantitative estimate of drug-likeness (QED) is 0.163. The van der Waals surface area contributed by atoms with Gasteiger partial charge in [-0.15, -0.1) is 0 Å². The van der Waals surface area contributed by atoms with Crippen LogP contribution >= 0.6 is 23.5 Å². The minimum atomic E-state index is -0.594. The van der Waals surface area contributed by atoms with Gasteiger partial charge < -0.3 is 9.13 Å². The van der Waals surface area contributed by atoms with Gasteiger partial charge in [-0.2, -0.15) is 0 Å². The van der Waals surface area contributed by atoms with Crippen molar-refractivity contribution < 1.29 is 0 Å². The van der Waals surface area contributed by atoms with Gasteiger partial charge in [0.05, 0.1) is 44.3 Å². The van der Waals surface area contributed by atoms with E-state index in [0.717, 1.165) is 0 Å². The molecule has 2 atom stereocenters. The average molecular weight is 1240 g/mol. The topological polar surface area (TPSA) is 9.86 Å². The lowest BCUT2D eigenvalue weighted by molar-refractivity contribution is 0.660. The van der Waals surface area contributed by atoms with Gasteiger partial charge in [-0.1, -0.05) is 286 Å². The van der Waals surface area contributed by atoms with Crippen LogP contribution in [0.2, 0.25) is 0 Å². The van der Waals surface area contributed by atoms with Crippen LogP contribution in [0.1, 0.15) is 69.5 Å². The molecule has 0 fully saturated rings. The standard InChI is InChI=1S/C91H56N2S2/c1-89(2)69-29-7-5-23-60(69)61-47-46-56(51-78(61)89)57-25-17-36-76-87(57)94-83-41-15-10-32-72(83)90(76)71-31-9-14-40-81(71)93-82-52-54(45-48-63(82)65-27-19-35-75(90)86(65)93)53-43-44-55-50-68(59-22-4-3-21-58(59)67(55)49-53)66-28-20-37-77-88(66)95-84-42-16-11-33-73(84)91(77)70-30-8-13-39-80(70)92-79-38-12-6-24-62(79)64-26-18-34-74(91)85(64)92/h3-52H,1-2H3. The van der Waals surface area contributed by atoms with Crippen LogP contribution in [0.25, 0.3) is 121 Å². The van der Waals surface area contributed by atoms with Gasteiger partial charge in [0.15, 0.2) is 0 Å². The zero-order valence-electron chi connectivity index (χ0n) is 52.1. The Morgan fingerprint density at radius 1 is 0.253 bits per heavy atom. The van der Waals surface area contributed by atoms with E-state index in [1.165, 1.54) is 196 Å². The van der Waals surface area contributed by atoms with Crippen molar-refractivity contribution in [1.29, 1.82) is 0 Å². The Balaban J connectivity index is 0.711. The second-order valence-electron chi connectivity index (χ2n) is 27.3. The number of rotatable bonds is 3. The first-order valence-corrected chi connectivity index (χ1v) is 34.9. The molecular weight excluding hydrogens is 1190 g/mol. The smallest absolute Gasteiger partial charge is 0.0764 e. The summed E-state index contributed by atoms with van der Waals surface area (Å²) in [6.45, 7) is 4.78. The first-order valence-electron chi connectivity index (χ1n) is 33.2. The lowest BCUT2D eigenvalue weighted by Gasteiger charge is -2.45. The van der Waals surface area contributed by atoms with E-state index < -0.39 is 10.8 Å². The molecule has 0 amide bonds. The Hall–Kier alpha value is -10.9. The molecule has 442 valence electrons. The number of para-hydroxylation sites is 5. The van der Waals surface area contributed by atoms with Crippen molar-refractivity contribution >= 4 is 88.7 Å². The number of benzene rings is 15. The monoisotopic (exact) mass is 1240 g/mol. The fourth-order valence-electron chi connectivity index (χ4n) is 18.7. The number of aromatic nitrogens is 2. The molecule has 4 heteroatoms. The third-order valence-electron chi connectivity index (χ3n) is 22.6. The highest BCUT2D eigenvalue weighted by atomic mass is 32.2. The molecule has 0 saturated heterocycles. The molecule has 15 aromatic carbocycles. The van der Waals surface area contributed by atoms with Gasteiger partial charge in [0.2, 0.25) is 0 Å². The number of hydrogen-bond donors (Lipinski definition) is 0. The molecule has 0 saturated carbocycles. The third-order valence-corrected chi connectivity index (χ3v) is 25.1. The van der Waals surface area contributed by atoms with Crippen molar-refractivity contribution in [2.24, 2.45) is 0 Å². The summed E-state index contributed by atoms with van der Waals surface area (Å²) in [4.78, 5) is 5.22. The molecule has 2 aromatic heterocycles. The molecule has 95 heavy (non-hydrogen) atoms. The van der Waals surface area contributed by atoms with Gasteiger partial charge in [-0.05, 0) is 176 Å². The highest BCUT2D eigenvalue weighted by Crippen LogP contribution is 2.65. The van der Waals surface area contributed by atoms with Crippen LogP contribution in [0.15, 0.2) is 323 Å². The van der Waals surface area contributed by atoms with Crippen LogP contribution in [0.3, 0.4) is 0 Å². The second-order valence-corrected chi connectivity index (χ2v) is 29.4. The second kappa shape index (κ2) is 18.7. The number of fused-ring (bicyclic) bond motifs is 28. The molecule has 0 N–H and O–H groups in total. The Bertz CT molecular complexity index is 6350. The van der Waals surface area contributed by atoms with E-state index in [0.29, 0.717) is 0 Å². The maximum absolute atomic E-state index is 2.61. The highest BCUT2D eigenvalue weighted by Gasteiger charge is 2.52. The summed E-state index contributed by atoms with van der Waals surface area (Å²) >= 11 is 3.87. The van der Waals surface area contributed by atoms with Crippen LogP contribution in [0, 0.1) is 0 Å². The minimum Gasteiger partial charge on any atom is -0.309 e. The molecule has 17 aromatic rings. The van der Waals surface area contributed by atoms with E-state index in [9.17, 15) is 0 Å². The van der Waals surface area contributed by atoms with Crippen molar-refractivity contribution in [3.8, 4) is 55.9 Å². The van der Waals surface area contributed by atoms with Crippen LogP contribution in [0.4, 0.5) is 0 Å². The summed E-state index contributed by atoms with van der Waals surface area (Å²) in [5, 5.41) is 10.1. The largest absolute Gasteiger partial charge is 0.309 e. The van der Waals surface area contributed by atoms with Crippen LogP contribution < -0.4 is 0 Å². The molecule has 2 spiro atoms. The molecule has 1 aliphatic carbocycles. The van der Waals surface area contributed by atoms with Crippen LogP contribution in [0.5, 0.6) is 0 Å². The Morgan fingerprint density at radius 3 is 1.41 bits per heavy atom. The Morgan fingerprint density at radius 2 is 0.716 bits per heavy atom. The van der Waals surface area contributed by atoms with Crippen LogP contribution in [-0.4, -0.2) is 9.13 Å². The zero-order chi connectivity index (χ0) is 62.2. The molecule has 4 aliphatic heterocycles. The first kappa shape index (κ1) is 52.6. The predicted octanol–water partition coefficient (Wildman–Crippen LogP) is 23.8. The van der Waals surface area contributed by atoms with E-state index in [-0.39, 0.29) is 5.41 Å². The zero-order valence-corrected chi connectivity index (χ0v) is 53.7. The maximum atomic E-state index is 2.61. The molecule has 6 heterocycles. The third kappa shape index (κ3) is 6.54. The summed E-state index contributed by atoms with van der Waals surface area (Å²) in [6.07, 6.45) is 0. The van der Waals surface area contributed by atoms with Crippen molar-refractivity contribution in [2.75, 3.05) is 0 Å². The average Bonchev–Trinajstić information content (AvgIpc) is 1.65. The van der Waals surface area contributed by atoms with E-state index in [4.69, 9.17) is 0 Å². The summed E-state index contributed by atoms with van der Waals surface area (Å²) in [5.74, 6) is 0. The molecule has 0 radical (unpaired) electrons. The lowest BCUT2D eigenvalue weighted by Crippen LogP contribution is -2.37. The predicted molar refractivity (Wildman–Crippen MR) is 396 cm³/mol. The molecule has 5 aliphatic rings. The summed E-state index contributed by atoms with van der Waals surface area (Å²) in [5.41, 5.74) is 29.7. The van der Waals surface area contributed by atoms with E-state index in [2.05, 4.69) is 326 Å². The van der Waals surface area contributed by atoms with E-state index in [1.54, 1.807) is 0 Å². The van der Waals surface area contributed by atoms with E-state index in [1.807, 2.05) is 23.5 Å². The molecule has 2 unspecified atom stereocenters. The van der Waals surface area contributed by atoms with Crippen molar-refractivity contribution in [3.63, 3.8) is 0 Å². The van der Waals surface area contributed by atoms with Gasteiger partial charge in [0.1, 0.15) is 0 Å². The highest BCUT2D eigenvalue weighted by molar-refractivity contribution is 8.00. The molecular formula is C91H56N2S2. The van der Waals surface area contributed by atoms with Crippen LogP contribution in [-0.2, 0) is 16.2 Å². The Kier molecular flexibility index (Phi) is 10.4. The fraction of sp³-hybridized carbons (Fsp3) is 0.0549. The Labute approximate surface area is 558 Å². The SMILES string of the molecule is CC1(C)c2ccccc2-c2ccc(-c3cccc4c3Sc3ccccc3C43c4ccccc4-n4c5cc(-c6ccc7cc(-c8cccc9c8Sc8ccccc8C98c9ccccc9-n9c%10ccccc%10c%10cccc8c%109)c8ccccc8c7c6)ccc5c5cccc3c54)cc21. The molecule has 22 rings (SSSR count). The van der Waals surface area contributed by atoms with Gasteiger partial charge in [-0.3, -0.25) is 0 Å². The van der Waals surface area contributed by atoms with Crippen molar-refractivity contribution in [3.05, 3.63) is 359 Å². The van der Waals surface area contributed by atoms with Crippen molar-refractivity contribution in [2.45, 2.75) is 49.7 Å². The van der Waals surface area contributed by atoms with E-state index >= 15 is 0 Å². The lowest BCUT2D eigenvalue weighted by atomic mass is 9.62. The molecule has 2 nitrogen and oxygen atoms in total. The first-order chi connectivity index (χ1) is 46.9. The van der Waals surface area contributed by atoms with Gasteiger partial charge in [0.25, 0.3) is 0 Å². The van der Waals surface area contributed by atoms with Gasteiger partial charge >= 0.3 is 0 Å².